The Morgan fingerprint density at radius 1 is 0.722 bits per heavy atom. The van der Waals surface area contributed by atoms with Crippen LogP contribution in [0.25, 0.3) is 0 Å². The molecule has 0 unspecified atom stereocenters. The molecule has 0 spiro atoms. The van der Waals surface area contributed by atoms with Gasteiger partial charge < -0.3 is 53.8 Å². The number of hydrogen-bond donors (Lipinski definition) is 9. The van der Waals surface area contributed by atoms with E-state index in [1.54, 1.807) is 30.3 Å². The summed E-state index contributed by atoms with van der Waals surface area (Å²) < 4.78 is 0. The number of nitrogens with two attached hydrogens (primary N) is 3. The van der Waals surface area contributed by atoms with Gasteiger partial charge in [0.05, 0.1) is 13.0 Å². The zero-order valence-corrected chi connectivity index (χ0v) is 31.6. The highest BCUT2D eigenvalue weighted by Crippen LogP contribution is 2.19. The van der Waals surface area contributed by atoms with Crippen LogP contribution in [0.2, 0.25) is 0 Å². The van der Waals surface area contributed by atoms with Gasteiger partial charge in [-0.1, -0.05) is 58.0 Å². The molecule has 1 aliphatic heterocycles. The number of carbonyl (C=O) groups excluding carboxylic acids is 8. The van der Waals surface area contributed by atoms with Crippen molar-refractivity contribution in [3.63, 3.8) is 0 Å². The van der Waals surface area contributed by atoms with Gasteiger partial charge in [0.25, 0.3) is 0 Å². The van der Waals surface area contributed by atoms with Crippen LogP contribution in [0.15, 0.2) is 30.3 Å². The van der Waals surface area contributed by atoms with Crippen LogP contribution < -0.4 is 43.8 Å². The van der Waals surface area contributed by atoms with E-state index in [9.17, 15) is 43.5 Å². The average molecular weight is 760 g/mol. The van der Waals surface area contributed by atoms with Gasteiger partial charge in [0.15, 0.2) is 0 Å². The molecule has 1 aromatic rings. The molecule has 8 amide bonds. The van der Waals surface area contributed by atoms with Gasteiger partial charge in [-0.15, -0.1) is 0 Å². The van der Waals surface area contributed by atoms with Crippen LogP contribution in [0.3, 0.4) is 0 Å². The lowest BCUT2D eigenvalue weighted by Gasteiger charge is -2.29. The molecule has 300 valence electrons. The summed E-state index contributed by atoms with van der Waals surface area (Å²) in [7, 11) is 0. The summed E-state index contributed by atoms with van der Waals surface area (Å²) in [6.45, 7) is 8.21. The molecule has 18 heteroatoms. The highest BCUT2D eigenvalue weighted by Gasteiger charge is 2.38. The Bertz CT molecular complexity index is 1490. The van der Waals surface area contributed by atoms with E-state index in [1.165, 1.54) is 11.8 Å². The second-order valence-corrected chi connectivity index (χ2v) is 14.5. The molecule has 18 nitrogen and oxygen atoms in total. The van der Waals surface area contributed by atoms with Crippen molar-refractivity contribution in [2.75, 3.05) is 13.2 Å². The molecule has 0 aromatic heterocycles. The molecular formula is C36H57N9O9. The molecule has 0 bridgehead atoms. The summed E-state index contributed by atoms with van der Waals surface area (Å²) in [5.41, 5.74) is 17.2. The Hall–Kier alpha value is -5.10. The number of hydrogen-bond acceptors (Lipinski definition) is 10. The Morgan fingerprint density at radius 2 is 1.22 bits per heavy atom. The molecule has 1 fully saturated rings. The van der Waals surface area contributed by atoms with Crippen LogP contribution in [0.5, 0.6) is 0 Å². The lowest BCUT2D eigenvalue weighted by molar-refractivity contribution is -0.142. The SMILES string of the molecule is CC(C)C[C@H](NC(=O)[C@H](CC(C)C)NC(=O)[C@H](Cc1ccccc1)NC(=O)[C@@H](N)CO)C(=O)N[C@@H](C)C(=O)N[C@@H](CC(N)=O)C(=O)N1CCC[C@H]1C(N)=O. The first-order valence-electron chi connectivity index (χ1n) is 18.1. The molecule has 2 rings (SSSR count). The predicted octanol–water partition coefficient (Wildman–Crippen LogP) is -2.56. The van der Waals surface area contributed by atoms with Gasteiger partial charge in [0.2, 0.25) is 47.3 Å². The molecule has 1 heterocycles. The number of nitrogens with one attached hydrogen (secondary N) is 5. The molecule has 1 saturated heterocycles. The van der Waals surface area contributed by atoms with Gasteiger partial charge in [0, 0.05) is 13.0 Å². The minimum atomic E-state index is -1.42. The number of amides is 8. The first-order chi connectivity index (χ1) is 25.3. The lowest BCUT2D eigenvalue weighted by atomic mass is 9.99. The first kappa shape index (κ1) is 45.1. The zero-order valence-electron chi connectivity index (χ0n) is 31.6. The van der Waals surface area contributed by atoms with Crippen molar-refractivity contribution < 1.29 is 43.5 Å². The third kappa shape index (κ3) is 14.4. The summed E-state index contributed by atoms with van der Waals surface area (Å²) in [5, 5.41) is 22.3. The van der Waals surface area contributed by atoms with Crippen molar-refractivity contribution in [3.8, 4) is 0 Å². The molecule has 0 saturated carbocycles. The molecule has 0 aliphatic carbocycles. The maximum Gasteiger partial charge on any atom is 0.246 e. The lowest BCUT2D eigenvalue weighted by Crippen LogP contribution is -2.60. The van der Waals surface area contributed by atoms with Gasteiger partial charge in [-0.05, 0) is 50.0 Å². The van der Waals surface area contributed by atoms with Gasteiger partial charge in [-0.3, -0.25) is 38.4 Å². The van der Waals surface area contributed by atoms with Crippen LogP contribution in [0, 0.1) is 11.8 Å². The monoisotopic (exact) mass is 759 g/mol. The van der Waals surface area contributed by atoms with Crippen molar-refractivity contribution in [2.24, 2.45) is 29.0 Å². The number of rotatable bonds is 21. The number of primary amides is 2. The van der Waals surface area contributed by atoms with Crippen LogP contribution >= 0.6 is 0 Å². The van der Waals surface area contributed by atoms with E-state index in [0.717, 1.165) is 0 Å². The fraction of sp³-hybridized carbons (Fsp3) is 0.611. The Kier molecular flexibility index (Phi) is 18.0. The second-order valence-electron chi connectivity index (χ2n) is 14.5. The summed E-state index contributed by atoms with van der Waals surface area (Å²) in [6.07, 6.45) is 0.633. The Labute approximate surface area is 315 Å². The number of likely N-dealkylation sites (tertiary alicyclic amines) is 1. The van der Waals surface area contributed by atoms with Crippen LogP contribution in [0.1, 0.15) is 72.3 Å². The Balaban J connectivity index is 2.22. The van der Waals surface area contributed by atoms with E-state index in [4.69, 9.17) is 17.2 Å². The first-order valence-corrected chi connectivity index (χ1v) is 18.1. The molecule has 0 radical (unpaired) electrons. The number of aliphatic hydroxyl groups excluding tert-OH is 1. The summed E-state index contributed by atoms with van der Waals surface area (Å²) >= 11 is 0. The van der Waals surface area contributed by atoms with Crippen LogP contribution in [-0.2, 0) is 44.8 Å². The maximum atomic E-state index is 13.8. The smallest absolute Gasteiger partial charge is 0.246 e. The fourth-order valence-electron chi connectivity index (χ4n) is 5.98. The summed E-state index contributed by atoms with van der Waals surface area (Å²) in [4.78, 5) is 105. The largest absolute Gasteiger partial charge is 0.394 e. The third-order valence-electron chi connectivity index (χ3n) is 8.77. The molecule has 7 atom stereocenters. The van der Waals surface area contributed by atoms with E-state index in [-0.39, 0.29) is 37.6 Å². The minimum absolute atomic E-state index is 0.0561. The number of aliphatic hydroxyl groups is 1. The van der Waals surface area contributed by atoms with Gasteiger partial charge in [-0.25, -0.2) is 0 Å². The molecule has 1 aliphatic rings. The summed E-state index contributed by atoms with van der Waals surface area (Å²) in [5.74, 6) is -6.22. The quantitative estimate of drug-likeness (QED) is 0.0632. The fourth-order valence-corrected chi connectivity index (χ4v) is 5.98. The van der Waals surface area contributed by atoms with Gasteiger partial charge in [-0.2, -0.15) is 0 Å². The Morgan fingerprint density at radius 3 is 1.72 bits per heavy atom. The zero-order chi connectivity index (χ0) is 40.7. The van der Waals surface area contributed by atoms with Crippen molar-refractivity contribution in [2.45, 2.75) is 115 Å². The number of nitrogens with zero attached hydrogens (tertiary/aromatic N) is 1. The van der Waals surface area contributed by atoms with Crippen LogP contribution in [-0.4, -0.2) is 113 Å². The second kappa shape index (κ2) is 21.6. The highest BCUT2D eigenvalue weighted by atomic mass is 16.3. The third-order valence-corrected chi connectivity index (χ3v) is 8.77. The highest BCUT2D eigenvalue weighted by molar-refractivity contribution is 5.98. The van der Waals surface area contributed by atoms with Crippen LogP contribution in [0.4, 0.5) is 0 Å². The summed E-state index contributed by atoms with van der Waals surface area (Å²) in [6, 6.07) is 0.521. The number of carbonyl (C=O) groups is 8. The van der Waals surface area contributed by atoms with Crippen molar-refractivity contribution in [3.05, 3.63) is 35.9 Å². The molecule has 12 N–H and O–H groups in total. The van der Waals surface area contributed by atoms with E-state index < -0.39 is 103 Å². The molecular weight excluding hydrogens is 702 g/mol. The van der Waals surface area contributed by atoms with Crippen molar-refractivity contribution in [1.82, 2.24) is 31.5 Å². The molecule has 54 heavy (non-hydrogen) atoms. The van der Waals surface area contributed by atoms with Crippen molar-refractivity contribution >= 4 is 47.3 Å². The minimum Gasteiger partial charge on any atom is -0.394 e. The predicted molar refractivity (Wildman–Crippen MR) is 197 cm³/mol. The van der Waals surface area contributed by atoms with E-state index in [1.807, 2.05) is 27.7 Å². The van der Waals surface area contributed by atoms with Gasteiger partial charge in [0.1, 0.15) is 42.3 Å². The maximum absolute atomic E-state index is 13.8. The number of benzene rings is 1. The average Bonchev–Trinajstić information content (AvgIpc) is 3.60. The van der Waals surface area contributed by atoms with E-state index in [0.29, 0.717) is 18.4 Å². The van der Waals surface area contributed by atoms with Gasteiger partial charge >= 0.3 is 0 Å². The van der Waals surface area contributed by atoms with E-state index in [2.05, 4.69) is 26.6 Å². The van der Waals surface area contributed by atoms with E-state index >= 15 is 0 Å². The standard InChI is InChI=1S/C36H57N9O9/c1-19(2)14-24(33(51)40-21(5)31(49)44-27(17-29(38)47)36(54)45-13-9-12-28(45)30(39)48)42-34(52)25(15-20(3)4)43-35(53)26(41-32(50)23(37)18-46)16-22-10-7-6-8-11-22/h6-8,10-11,19-21,23-28,46H,9,12-18,37H2,1-5H3,(H2,38,47)(H2,39,48)(H,40,51)(H,41,50)(H,42,52)(H,43,53)(H,44,49)/t21-,23-,24-,25-,26-,27-,28-/m0/s1. The topological polar surface area (TPSA) is 298 Å². The molecule has 1 aromatic carbocycles. The van der Waals surface area contributed by atoms with Crippen molar-refractivity contribution in [1.29, 1.82) is 0 Å². The normalized spacial score (nSPS) is 17.4.